The van der Waals surface area contributed by atoms with Crippen LogP contribution in [0.4, 0.5) is 0 Å². The highest BCUT2D eigenvalue weighted by Gasteiger charge is 2.28. The van der Waals surface area contributed by atoms with Crippen LogP contribution in [0.2, 0.25) is 0 Å². The first kappa shape index (κ1) is 18.5. The number of amides is 1. The van der Waals surface area contributed by atoms with Gasteiger partial charge < -0.3 is 15.2 Å². The van der Waals surface area contributed by atoms with Crippen molar-refractivity contribution in [3.05, 3.63) is 72.1 Å². The summed E-state index contributed by atoms with van der Waals surface area (Å²) < 4.78 is 11.4. The van der Waals surface area contributed by atoms with Crippen LogP contribution in [0.5, 0.6) is 17.2 Å². The van der Waals surface area contributed by atoms with E-state index in [1.807, 2.05) is 48.5 Å². The van der Waals surface area contributed by atoms with Crippen LogP contribution in [0.15, 0.2) is 65.9 Å². The van der Waals surface area contributed by atoms with Gasteiger partial charge >= 0.3 is 0 Å². The van der Waals surface area contributed by atoms with Crippen LogP contribution in [0, 0.1) is 0 Å². The van der Waals surface area contributed by atoms with Crippen LogP contribution in [0.25, 0.3) is 11.1 Å². The number of nitrogens with zero attached hydrogens (tertiary/aromatic N) is 3. The molecule has 4 rings (SSSR count). The second kappa shape index (κ2) is 7.63. The normalized spacial score (nSPS) is 15.0. The second-order valence-electron chi connectivity index (χ2n) is 6.61. The Morgan fingerprint density at radius 3 is 2.79 bits per heavy atom. The quantitative estimate of drug-likeness (QED) is 0.420. The Balaban J connectivity index is 1.85. The van der Waals surface area contributed by atoms with Gasteiger partial charge in [-0.25, -0.2) is 4.99 Å². The fourth-order valence-corrected chi connectivity index (χ4v) is 3.24. The Hall–Kier alpha value is -3.87. The van der Waals surface area contributed by atoms with Gasteiger partial charge in [-0.1, -0.05) is 18.2 Å². The molecule has 29 heavy (non-hydrogen) atoms. The summed E-state index contributed by atoms with van der Waals surface area (Å²) >= 11 is 0. The molecule has 2 N–H and O–H groups in total. The van der Waals surface area contributed by atoms with Crippen molar-refractivity contribution in [2.45, 2.75) is 6.04 Å². The monoisotopic (exact) mass is 388 g/mol. The summed E-state index contributed by atoms with van der Waals surface area (Å²) in [7, 11) is 3.20. The Labute approximate surface area is 168 Å². The van der Waals surface area contributed by atoms with E-state index in [2.05, 4.69) is 9.98 Å². The van der Waals surface area contributed by atoms with E-state index < -0.39 is 6.04 Å². The molecule has 0 saturated carbocycles. The lowest BCUT2D eigenvalue weighted by molar-refractivity contribution is -0.114. The molecule has 2 aromatic carbocycles. The van der Waals surface area contributed by atoms with E-state index in [9.17, 15) is 4.79 Å². The Morgan fingerprint density at radius 1 is 1.17 bits per heavy atom. The number of aliphatic imine (C=N–C) groups is 1. The van der Waals surface area contributed by atoms with Gasteiger partial charge in [-0.3, -0.25) is 14.7 Å². The van der Waals surface area contributed by atoms with Crippen molar-refractivity contribution in [2.75, 3.05) is 14.2 Å². The summed E-state index contributed by atoms with van der Waals surface area (Å²) in [5.41, 5.74) is 9.72. The first-order valence-electron chi connectivity index (χ1n) is 9.02. The summed E-state index contributed by atoms with van der Waals surface area (Å²) in [6.45, 7) is 0. The van der Waals surface area contributed by atoms with Crippen LogP contribution in [0.1, 0.15) is 17.2 Å². The number of benzene rings is 2. The van der Waals surface area contributed by atoms with Crippen LogP contribution in [-0.4, -0.2) is 36.4 Å². The molecule has 0 bridgehead atoms. The maximum absolute atomic E-state index is 11.1. The number of carbonyl (C=O) groups is 1. The van der Waals surface area contributed by atoms with Crippen molar-refractivity contribution in [1.82, 2.24) is 9.88 Å². The van der Waals surface area contributed by atoms with Crippen molar-refractivity contribution in [3.63, 3.8) is 0 Å². The minimum atomic E-state index is -0.426. The molecule has 0 spiro atoms. The van der Waals surface area contributed by atoms with Crippen LogP contribution < -0.4 is 15.2 Å². The predicted octanol–water partition coefficient (Wildman–Crippen LogP) is 3.36. The third-order valence-corrected chi connectivity index (χ3v) is 4.82. The molecule has 0 saturated heterocycles. The van der Waals surface area contributed by atoms with Crippen molar-refractivity contribution in [2.24, 2.45) is 10.7 Å². The molecule has 2 heterocycles. The molecule has 1 aliphatic heterocycles. The van der Waals surface area contributed by atoms with E-state index in [0.717, 1.165) is 28.0 Å². The number of hydrogen-bond donors (Lipinski definition) is 1. The fraction of sp³-hybridized carbons (Fsp3) is 0.136. The van der Waals surface area contributed by atoms with Crippen molar-refractivity contribution >= 4 is 12.4 Å². The summed E-state index contributed by atoms with van der Waals surface area (Å²) in [5.74, 6) is 2.18. The number of guanidine groups is 1. The van der Waals surface area contributed by atoms with Gasteiger partial charge in [0.2, 0.25) is 6.41 Å². The summed E-state index contributed by atoms with van der Waals surface area (Å²) in [6.07, 6.45) is 3.96. The smallest absolute Gasteiger partial charge is 0.216 e. The van der Waals surface area contributed by atoms with Gasteiger partial charge in [0, 0.05) is 24.4 Å². The first-order valence-corrected chi connectivity index (χ1v) is 9.02. The highest BCUT2D eigenvalue weighted by atomic mass is 16.5. The second-order valence-corrected chi connectivity index (χ2v) is 6.61. The Kier molecular flexibility index (Phi) is 4.87. The number of carbonyl (C=O) groups excluding carboxylic acids is 1. The van der Waals surface area contributed by atoms with E-state index in [0.29, 0.717) is 17.9 Å². The molecule has 7 nitrogen and oxygen atoms in total. The molecular formula is C22H20N4O3. The lowest BCUT2D eigenvalue weighted by atomic mass is 9.93. The van der Waals surface area contributed by atoms with Gasteiger partial charge in [-0.2, -0.15) is 0 Å². The number of ether oxygens (including phenoxy) is 2. The fourth-order valence-electron chi connectivity index (χ4n) is 3.24. The van der Waals surface area contributed by atoms with Crippen molar-refractivity contribution in [3.8, 4) is 28.4 Å². The molecular weight excluding hydrogens is 368 g/mol. The number of rotatable bonds is 4. The average molecular weight is 388 g/mol. The highest BCUT2D eigenvalue weighted by molar-refractivity contribution is 5.87. The third-order valence-electron chi connectivity index (χ3n) is 4.82. The van der Waals surface area contributed by atoms with E-state index in [1.54, 1.807) is 26.6 Å². The maximum Gasteiger partial charge on any atom is 0.216 e. The lowest BCUT2D eigenvalue weighted by Gasteiger charge is -2.27. The number of pyridine rings is 1. The Morgan fingerprint density at radius 2 is 2.00 bits per heavy atom. The molecule has 1 aliphatic rings. The SMILES string of the molecule is COc1cccc(-c2ccc3c(c2)C(/N=C(/N)N(C)C=O)c2ccncc2O3)c1. The molecule has 1 aromatic heterocycles. The van der Waals surface area contributed by atoms with Crippen LogP contribution >= 0.6 is 0 Å². The maximum atomic E-state index is 11.1. The molecule has 1 unspecified atom stereocenters. The van der Waals surface area contributed by atoms with Crippen molar-refractivity contribution < 1.29 is 14.3 Å². The predicted molar refractivity (Wildman–Crippen MR) is 110 cm³/mol. The number of hydrogen-bond acceptors (Lipinski definition) is 5. The number of aromatic nitrogens is 1. The number of nitrogens with two attached hydrogens (primary N) is 1. The number of methoxy groups -OCH3 is 1. The van der Waals surface area contributed by atoms with Crippen molar-refractivity contribution in [1.29, 1.82) is 0 Å². The molecule has 1 amide bonds. The average Bonchev–Trinajstić information content (AvgIpc) is 2.78. The van der Waals surface area contributed by atoms with Gasteiger partial charge in [0.05, 0.1) is 13.3 Å². The van der Waals surface area contributed by atoms with E-state index >= 15 is 0 Å². The van der Waals surface area contributed by atoms with Gasteiger partial charge in [0.25, 0.3) is 0 Å². The van der Waals surface area contributed by atoms with E-state index in [4.69, 9.17) is 15.2 Å². The number of fused-ring (bicyclic) bond motifs is 2. The van der Waals surface area contributed by atoms with Crippen LogP contribution in [-0.2, 0) is 4.79 Å². The van der Waals surface area contributed by atoms with Gasteiger partial charge in [-0.05, 0) is 41.5 Å². The zero-order chi connectivity index (χ0) is 20.4. The molecule has 146 valence electrons. The first-order chi connectivity index (χ1) is 14.1. The molecule has 0 fully saturated rings. The molecule has 3 aromatic rings. The minimum Gasteiger partial charge on any atom is -0.497 e. The van der Waals surface area contributed by atoms with Gasteiger partial charge in [0.1, 0.15) is 17.5 Å². The Bertz CT molecular complexity index is 1100. The molecule has 0 radical (unpaired) electrons. The summed E-state index contributed by atoms with van der Waals surface area (Å²) in [6, 6.07) is 15.2. The van der Waals surface area contributed by atoms with Crippen LogP contribution in [0.3, 0.4) is 0 Å². The third kappa shape index (κ3) is 3.50. The molecule has 0 aliphatic carbocycles. The molecule has 7 heteroatoms. The van der Waals surface area contributed by atoms with E-state index in [1.165, 1.54) is 4.90 Å². The van der Waals surface area contributed by atoms with Gasteiger partial charge in [0.15, 0.2) is 11.7 Å². The highest BCUT2D eigenvalue weighted by Crippen LogP contribution is 2.45. The lowest BCUT2D eigenvalue weighted by Crippen LogP contribution is -2.33. The minimum absolute atomic E-state index is 0.118. The molecule has 1 atom stereocenters. The summed E-state index contributed by atoms with van der Waals surface area (Å²) in [5, 5.41) is 0. The van der Waals surface area contributed by atoms with Gasteiger partial charge in [-0.15, -0.1) is 0 Å². The summed E-state index contributed by atoms with van der Waals surface area (Å²) in [4.78, 5) is 21.1. The van der Waals surface area contributed by atoms with E-state index in [-0.39, 0.29) is 5.96 Å². The standard InChI is InChI=1S/C22H20N4O3/c1-26(13-27)22(23)25-21-17-8-9-24-12-20(17)29-19-7-6-15(11-18(19)21)14-4-3-5-16(10-14)28-2/h3-13,21H,1-2H3,(H2,23,25). The largest absolute Gasteiger partial charge is 0.497 e. The zero-order valence-corrected chi connectivity index (χ0v) is 16.1. The topological polar surface area (TPSA) is 90.0 Å². The zero-order valence-electron chi connectivity index (χ0n) is 16.1.